The predicted molar refractivity (Wildman–Crippen MR) is 82.7 cm³/mol. The fourth-order valence-corrected chi connectivity index (χ4v) is 2.14. The molecule has 0 unspecified atom stereocenters. The molecule has 2 rings (SSSR count). The number of anilines is 1. The number of aromatic nitrogens is 2. The van der Waals surface area contributed by atoms with Crippen LogP contribution >= 0.6 is 0 Å². The molecule has 2 heterocycles. The van der Waals surface area contributed by atoms with Crippen LogP contribution in [-0.2, 0) is 0 Å². The Hall–Kier alpha value is -2.15. The Morgan fingerprint density at radius 2 is 2.24 bits per heavy atom. The highest BCUT2D eigenvalue weighted by atomic mass is 16.5. The van der Waals surface area contributed by atoms with Crippen LogP contribution in [0.2, 0.25) is 0 Å². The first-order valence-electron chi connectivity index (χ1n) is 7.00. The molecule has 1 aromatic rings. The number of rotatable bonds is 6. The maximum Gasteiger partial charge on any atom is 0.230 e. The summed E-state index contributed by atoms with van der Waals surface area (Å²) in [5, 5.41) is 13.8. The van der Waals surface area contributed by atoms with Gasteiger partial charge in [-0.25, -0.2) is 4.98 Å². The van der Waals surface area contributed by atoms with Gasteiger partial charge in [-0.1, -0.05) is 0 Å². The number of nitrogens with zero attached hydrogens (tertiary/aromatic N) is 3. The molecule has 114 valence electrons. The van der Waals surface area contributed by atoms with Crippen LogP contribution in [-0.4, -0.2) is 54.4 Å². The van der Waals surface area contributed by atoms with Crippen molar-refractivity contribution in [2.45, 2.75) is 18.9 Å². The van der Waals surface area contributed by atoms with Gasteiger partial charge >= 0.3 is 0 Å². The predicted octanol–water partition coefficient (Wildman–Crippen LogP) is 1.07. The van der Waals surface area contributed by atoms with E-state index >= 15 is 0 Å². The number of nitrogens with one attached hydrogen (secondary N) is 3. The highest BCUT2D eigenvalue weighted by Crippen LogP contribution is 2.10. The lowest BCUT2D eigenvalue weighted by atomic mass is 10.1. The fraction of sp³-hybridized carbons (Fsp3) is 0.500. The molecule has 0 aromatic carbocycles. The van der Waals surface area contributed by atoms with Gasteiger partial charge in [0.15, 0.2) is 0 Å². The zero-order valence-corrected chi connectivity index (χ0v) is 12.5. The quantitative estimate of drug-likeness (QED) is 0.680. The van der Waals surface area contributed by atoms with Crippen molar-refractivity contribution >= 4 is 12.2 Å². The van der Waals surface area contributed by atoms with Crippen LogP contribution in [0.1, 0.15) is 12.8 Å². The van der Waals surface area contributed by atoms with Gasteiger partial charge < -0.3 is 25.7 Å². The molecule has 7 heteroatoms. The summed E-state index contributed by atoms with van der Waals surface area (Å²) in [6.45, 7) is 2.19. The average molecular weight is 290 g/mol. The Morgan fingerprint density at radius 1 is 1.48 bits per heavy atom. The van der Waals surface area contributed by atoms with Gasteiger partial charge in [-0.15, -0.1) is 0 Å². The lowest BCUT2D eigenvalue weighted by Crippen LogP contribution is -2.39. The maximum atomic E-state index is 7.47. The topological polar surface area (TPSA) is 86.2 Å². The summed E-state index contributed by atoms with van der Waals surface area (Å²) < 4.78 is 5.05. The van der Waals surface area contributed by atoms with Crippen LogP contribution in [0.5, 0.6) is 5.88 Å². The summed E-state index contributed by atoms with van der Waals surface area (Å²) in [6, 6.07) is 2.12. The van der Waals surface area contributed by atoms with Crippen molar-refractivity contribution in [2.75, 3.05) is 32.6 Å². The van der Waals surface area contributed by atoms with E-state index in [1.54, 1.807) is 19.4 Å². The van der Waals surface area contributed by atoms with Gasteiger partial charge in [0.25, 0.3) is 0 Å². The first-order valence-corrected chi connectivity index (χ1v) is 7.00. The minimum Gasteiger partial charge on any atom is -0.481 e. The van der Waals surface area contributed by atoms with E-state index in [1.165, 1.54) is 6.21 Å². The highest BCUT2D eigenvalue weighted by Gasteiger charge is 2.15. The first kappa shape index (κ1) is 15.2. The van der Waals surface area contributed by atoms with E-state index in [2.05, 4.69) is 32.5 Å². The zero-order valence-electron chi connectivity index (χ0n) is 12.5. The molecule has 0 amide bonds. The molecule has 0 radical (unpaired) electrons. The summed E-state index contributed by atoms with van der Waals surface area (Å²) in [6.07, 6.45) is 6.87. The third-order valence-corrected chi connectivity index (χ3v) is 3.44. The number of hydrogen-bond acceptors (Lipinski definition) is 7. The van der Waals surface area contributed by atoms with Gasteiger partial charge in [0.1, 0.15) is 0 Å². The molecular weight excluding hydrogens is 268 g/mol. The fourth-order valence-electron chi connectivity index (χ4n) is 2.14. The molecule has 1 fully saturated rings. The summed E-state index contributed by atoms with van der Waals surface area (Å²) in [5.41, 5.74) is 0.613. The monoisotopic (exact) mass is 290 g/mol. The number of methoxy groups -OCH3 is 1. The van der Waals surface area contributed by atoms with Crippen molar-refractivity contribution in [1.82, 2.24) is 20.2 Å². The van der Waals surface area contributed by atoms with Crippen LogP contribution in [0.4, 0.5) is 5.95 Å². The second-order valence-electron chi connectivity index (χ2n) is 5.04. The SMILES string of the molecule is COc1ccnc(N/C(C=N)=C/NC2CCN(C)CC2)n1. The van der Waals surface area contributed by atoms with E-state index in [0.29, 0.717) is 23.6 Å². The summed E-state index contributed by atoms with van der Waals surface area (Å²) in [5.74, 6) is 0.898. The summed E-state index contributed by atoms with van der Waals surface area (Å²) in [7, 11) is 3.69. The molecule has 0 saturated carbocycles. The van der Waals surface area contributed by atoms with Crippen LogP contribution < -0.4 is 15.4 Å². The number of piperidine rings is 1. The third kappa shape index (κ3) is 4.71. The zero-order chi connectivity index (χ0) is 15.1. The number of allylic oxidation sites excluding steroid dienone is 1. The van der Waals surface area contributed by atoms with Crippen LogP contribution in [0.25, 0.3) is 0 Å². The molecule has 1 aromatic heterocycles. The molecule has 1 aliphatic rings. The second-order valence-corrected chi connectivity index (χ2v) is 5.04. The lowest BCUT2D eigenvalue weighted by molar-refractivity contribution is 0.244. The molecule has 21 heavy (non-hydrogen) atoms. The van der Waals surface area contributed by atoms with Crippen molar-refractivity contribution in [2.24, 2.45) is 0 Å². The molecule has 3 N–H and O–H groups in total. The van der Waals surface area contributed by atoms with E-state index in [-0.39, 0.29) is 0 Å². The smallest absolute Gasteiger partial charge is 0.230 e. The first-order chi connectivity index (χ1) is 10.2. The molecule has 0 aliphatic carbocycles. The minimum atomic E-state index is 0.411. The average Bonchev–Trinajstić information content (AvgIpc) is 2.53. The second kappa shape index (κ2) is 7.58. The number of ether oxygens (including phenoxy) is 1. The maximum absolute atomic E-state index is 7.47. The standard InChI is InChI=1S/C14H22N6O/c1-20-7-4-11(5-8-20)17-10-12(9-15)18-14-16-6-3-13(19-14)21-2/h3,6,9-11,15,17H,4-5,7-8H2,1-2H3,(H,16,18,19)/b12-10+,15-9?. The molecule has 1 saturated heterocycles. The Balaban J connectivity index is 1.92. The van der Waals surface area contributed by atoms with E-state index in [1.807, 2.05) is 6.20 Å². The minimum absolute atomic E-state index is 0.411. The van der Waals surface area contributed by atoms with Gasteiger partial charge in [-0.3, -0.25) is 0 Å². The van der Waals surface area contributed by atoms with E-state index in [0.717, 1.165) is 25.9 Å². The molecule has 7 nitrogen and oxygen atoms in total. The summed E-state index contributed by atoms with van der Waals surface area (Å²) in [4.78, 5) is 10.6. The van der Waals surface area contributed by atoms with E-state index < -0.39 is 0 Å². The molecule has 0 atom stereocenters. The normalized spacial score (nSPS) is 17.3. The van der Waals surface area contributed by atoms with Gasteiger partial charge in [-0.2, -0.15) is 4.98 Å². The van der Waals surface area contributed by atoms with Crippen molar-refractivity contribution < 1.29 is 4.74 Å². The van der Waals surface area contributed by atoms with Crippen LogP contribution in [0.3, 0.4) is 0 Å². The van der Waals surface area contributed by atoms with Crippen molar-refractivity contribution in [1.29, 1.82) is 5.41 Å². The molecule has 0 spiro atoms. The summed E-state index contributed by atoms with van der Waals surface area (Å²) >= 11 is 0. The van der Waals surface area contributed by atoms with Crippen molar-refractivity contribution in [3.63, 3.8) is 0 Å². The Kier molecular flexibility index (Phi) is 5.51. The van der Waals surface area contributed by atoms with Crippen molar-refractivity contribution in [3.05, 3.63) is 24.2 Å². The largest absolute Gasteiger partial charge is 0.481 e. The lowest BCUT2D eigenvalue weighted by Gasteiger charge is -2.29. The number of likely N-dealkylation sites (tertiary alicyclic amines) is 1. The van der Waals surface area contributed by atoms with E-state index in [9.17, 15) is 0 Å². The molecular formula is C14H22N6O. The van der Waals surface area contributed by atoms with Crippen molar-refractivity contribution in [3.8, 4) is 5.88 Å². The molecule has 1 aliphatic heterocycles. The molecule has 0 bridgehead atoms. The van der Waals surface area contributed by atoms with Gasteiger partial charge in [0.05, 0.1) is 12.8 Å². The van der Waals surface area contributed by atoms with Crippen LogP contribution in [0.15, 0.2) is 24.2 Å². The van der Waals surface area contributed by atoms with Crippen LogP contribution in [0, 0.1) is 5.41 Å². The third-order valence-electron chi connectivity index (χ3n) is 3.44. The van der Waals surface area contributed by atoms with Gasteiger partial charge in [0, 0.05) is 30.7 Å². The Morgan fingerprint density at radius 3 is 2.90 bits per heavy atom. The van der Waals surface area contributed by atoms with E-state index in [4.69, 9.17) is 10.1 Å². The Labute approximate surface area is 124 Å². The van der Waals surface area contributed by atoms with Gasteiger partial charge in [0.2, 0.25) is 11.8 Å². The number of hydrogen-bond donors (Lipinski definition) is 3. The van der Waals surface area contributed by atoms with Gasteiger partial charge in [-0.05, 0) is 33.0 Å². The Bertz CT molecular complexity index is 496. The highest BCUT2D eigenvalue weighted by molar-refractivity contribution is 5.79.